The number of carbonyl (C=O) groups excluding carboxylic acids is 2. The van der Waals surface area contributed by atoms with E-state index in [0.717, 1.165) is 11.1 Å². The Labute approximate surface area is 125 Å². The summed E-state index contributed by atoms with van der Waals surface area (Å²) in [6.45, 7) is 4.09. The number of carbonyl (C=O) groups is 2. The second-order valence-corrected chi connectivity index (χ2v) is 5.02. The van der Waals surface area contributed by atoms with Crippen molar-refractivity contribution in [2.75, 3.05) is 6.61 Å². The van der Waals surface area contributed by atoms with E-state index in [-0.39, 0.29) is 12.5 Å². The van der Waals surface area contributed by atoms with Crippen LogP contribution in [0.15, 0.2) is 42.0 Å². The second-order valence-electron chi connectivity index (χ2n) is 5.02. The van der Waals surface area contributed by atoms with E-state index in [0.29, 0.717) is 13.0 Å². The molecule has 3 N–H and O–H groups in total. The van der Waals surface area contributed by atoms with E-state index < -0.39 is 11.9 Å². The lowest BCUT2D eigenvalue weighted by molar-refractivity contribution is -0.130. The molecule has 0 fully saturated rings. The van der Waals surface area contributed by atoms with E-state index >= 15 is 0 Å². The van der Waals surface area contributed by atoms with Crippen molar-refractivity contribution >= 4 is 11.8 Å². The van der Waals surface area contributed by atoms with Gasteiger partial charge in [0, 0.05) is 0 Å². The summed E-state index contributed by atoms with van der Waals surface area (Å²) >= 11 is 0. The molecule has 0 unspecified atom stereocenters. The average molecular weight is 290 g/mol. The molecule has 114 valence electrons. The number of nitrogens with one attached hydrogen (secondary N) is 1. The Morgan fingerprint density at radius 3 is 2.52 bits per heavy atom. The molecule has 0 bridgehead atoms. The quantitative estimate of drug-likeness (QED) is 0.712. The van der Waals surface area contributed by atoms with Crippen LogP contribution in [0.3, 0.4) is 0 Å². The third-order valence-corrected chi connectivity index (χ3v) is 2.79. The Bertz CT molecular complexity index is 494. The van der Waals surface area contributed by atoms with Crippen LogP contribution in [0.2, 0.25) is 0 Å². The van der Waals surface area contributed by atoms with E-state index in [2.05, 4.69) is 5.32 Å². The Balaban J connectivity index is 2.36. The van der Waals surface area contributed by atoms with Gasteiger partial charge < -0.3 is 15.8 Å². The molecule has 0 radical (unpaired) electrons. The molecule has 0 saturated heterocycles. The summed E-state index contributed by atoms with van der Waals surface area (Å²) in [6, 6.07) is 8.85. The van der Waals surface area contributed by atoms with Crippen molar-refractivity contribution in [3.63, 3.8) is 0 Å². The molecule has 1 rings (SSSR count). The average Bonchev–Trinajstić information content (AvgIpc) is 2.44. The Morgan fingerprint density at radius 2 is 1.95 bits per heavy atom. The molecule has 5 nitrogen and oxygen atoms in total. The molecule has 1 aromatic rings. The summed E-state index contributed by atoms with van der Waals surface area (Å²) in [5, 5.41) is 2.58. The zero-order valence-corrected chi connectivity index (χ0v) is 12.5. The molecule has 0 aliphatic carbocycles. The number of rotatable bonds is 8. The van der Waals surface area contributed by atoms with Gasteiger partial charge in [0.25, 0.3) is 0 Å². The molecule has 5 heteroatoms. The highest BCUT2D eigenvalue weighted by molar-refractivity contribution is 5.87. The van der Waals surface area contributed by atoms with E-state index in [9.17, 15) is 9.59 Å². The minimum atomic E-state index is -0.701. The lowest BCUT2D eigenvalue weighted by Crippen LogP contribution is -2.45. The summed E-state index contributed by atoms with van der Waals surface area (Å²) in [7, 11) is 0. The fourth-order valence-electron chi connectivity index (χ4n) is 1.67. The molecule has 0 aliphatic rings. The van der Waals surface area contributed by atoms with Gasteiger partial charge in [0.15, 0.2) is 0 Å². The molecule has 21 heavy (non-hydrogen) atoms. The highest BCUT2D eigenvalue weighted by Crippen LogP contribution is 2.01. The Kier molecular flexibility index (Phi) is 7.18. The van der Waals surface area contributed by atoms with E-state index in [4.69, 9.17) is 10.5 Å². The van der Waals surface area contributed by atoms with Crippen LogP contribution in [0, 0.1) is 0 Å². The number of hydrogen-bond acceptors (Lipinski definition) is 3. The number of ether oxygens (including phenoxy) is 1. The number of primary amides is 1. The van der Waals surface area contributed by atoms with Gasteiger partial charge in [-0.15, -0.1) is 0 Å². The van der Waals surface area contributed by atoms with E-state index in [1.165, 1.54) is 0 Å². The van der Waals surface area contributed by atoms with Gasteiger partial charge in [-0.25, -0.2) is 0 Å². The van der Waals surface area contributed by atoms with Crippen LogP contribution >= 0.6 is 0 Å². The van der Waals surface area contributed by atoms with Crippen LogP contribution in [0.5, 0.6) is 0 Å². The van der Waals surface area contributed by atoms with Crippen molar-refractivity contribution in [1.82, 2.24) is 5.32 Å². The molecular weight excluding hydrogens is 268 g/mol. The second kappa shape index (κ2) is 8.92. The Morgan fingerprint density at radius 1 is 1.29 bits per heavy atom. The smallest absolute Gasteiger partial charge is 0.246 e. The van der Waals surface area contributed by atoms with Crippen LogP contribution < -0.4 is 11.1 Å². The molecule has 2 amide bonds. The van der Waals surface area contributed by atoms with E-state index in [1.54, 1.807) is 0 Å². The van der Waals surface area contributed by atoms with Crippen molar-refractivity contribution in [3.05, 3.63) is 47.5 Å². The number of hydrogen-bond donors (Lipinski definition) is 2. The minimum absolute atomic E-state index is 0.104. The summed E-state index contributed by atoms with van der Waals surface area (Å²) in [6.07, 6.45) is 2.25. The predicted molar refractivity (Wildman–Crippen MR) is 81.3 cm³/mol. The first-order chi connectivity index (χ1) is 9.99. The summed E-state index contributed by atoms with van der Waals surface area (Å²) in [5.74, 6) is -0.902. The zero-order valence-electron chi connectivity index (χ0n) is 12.5. The van der Waals surface area contributed by atoms with Gasteiger partial charge in [-0.2, -0.15) is 0 Å². The maximum absolute atomic E-state index is 11.7. The lowest BCUT2D eigenvalue weighted by Gasteiger charge is -2.14. The molecule has 0 spiro atoms. The van der Waals surface area contributed by atoms with Crippen molar-refractivity contribution in [3.8, 4) is 0 Å². The van der Waals surface area contributed by atoms with Gasteiger partial charge in [0.2, 0.25) is 11.8 Å². The van der Waals surface area contributed by atoms with Gasteiger partial charge in [-0.05, 0) is 25.8 Å². The van der Waals surface area contributed by atoms with Gasteiger partial charge in [-0.3, -0.25) is 9.59 Å². The van der Waals surface area contributed by atoms with Crippen molar-refractivity contribution < 1.29 is 14.3 Å². The molecule has 1 atom stereocenters. The summed E-state index contributed by atoms with van der Waals surface area (Å²) in [5.41, 5.74) is 7.32. The predicted octanol–water partition coefficient (Wildman–Crippen LogP) is 1.53. The standard InChI is InChI=1S/C16H22N2O3/c1-12(2)8-9-14(16(17)20)18-15(19)11-21-10-13-6-4-3-5-7-13/h3-8,14H,9-11H2,1-2H3,(H2,17,20)(H,18,19)/t14-/m0/s1. The topological polar surface area (TPSA) is 81.4 Å². The fourth-order valence-corrected chi connectivity index (χ4v) is 1.67. The number of amides is 2. The van der Waals surface area contributed by atoms with Crippen LogP contribution in [-0.2, 0) is 20.9 Å². The molecular formula is C16H22N2O3. The largest absolute Gasteiger partial charge is 0.368 e. The van der Waals surface area contributed by atoms with Crippen LogP contribution in [0.4, 0.5) is 0 Å². The number of nitrogens with two attached hydrogens (primary N) is 1. The molecule has 0 saturated carbocycles. The first kappa shape index (κ1) is 16.9. The first-order valence-electron chi connectivity index (χ1n) is 6.82. The van der Waals surface area contributed by atoms with Crippen LogP contribution in [-0.4, -0.2) is 24.5 Å². The molecule has 0 heterocycles. The van der Waals surface area contributed by atoms with Crippen molar-refractivity contribution in [1.29, 1.82) is 0 Å². The lowest BCUT2D eigenvalue weighted by atomic mass is 10.1. The van der Waals surface area contributed by atoms with Crippen LogP contribution in [0.25, 0.3) is 0 Å². The van der Waals surface area contributed by atoms with Gasteiger partial charge in [-0.1, -0.05) is 42.0 Å². The maximum atomic E-state index is 11.7. The normalized spacial score (nSPS) is 11.5. The van der Waals surface area contributed by atoms with Gasteiger partial charge >= 0.3 is 0 Å². The van der Waals surface area contributed by atoms with Gasteiger partial charge in [0.05, 0.1) is 6.61 Å². The highest BCUT2D eigenvalue weighted by atomic mass is 16.5. The third-order valence-electron chi connectivity index (χ3n) is 2.79. The fraction of sp³-hybridized carbons (Fsp3) is 0.375. The SMILES string of the molecule is CC(C)=CC[C@H](NC(=O)COCc1ccccc1)C(N)=O. The maximum Gasteiger partial charge on any atom is 0.246 e. The van der Waals surface area contributed by atoms with Crippen LogP contribution in [0.1, 0.15) is 25.8 Å². The molecule has 0 aliphatic heterocycles. The summed E-state index contributed by atoms with van der Waals surface area (Å²) in [4.78, 5) is 23.0. The van der Waals surface area contributed by atoms with Gasteiger partial charge in [0.1, 0.15) is 12.6 Å². The minimum Gasteiger partial charge on any atom is -0.368 e. The molecule has 1 aromatic carbocycles. The third kappa shape index (κ3) is 7.27. The number of allylic oxidation sites excluding steroid dienone is 1. The monoisotopic (exact) mass is 290 g/mol. The molecule has 0 aromatic heterocycles. The Hall–Kier alpha value is -2.14. The summed E-state index contributed by atoms with van der Waals surface area (Å²) < 4.78 is 5.31. The number of benzene rings is 1. The highest BCUT2D eigenvalue weighted by Gasteiger charge is 2.16. The van der Waals surface area contributed by atoms with E-state index in [1.807, 2.05) is 50.3 Å². The van der Waals surface area contributed by atoms with Crippen molar-refractivity contribution in [2.45, 2.75) is 32.9 Å². The first-order valence-corrected chi connectivity index (χ1v) is 6.82. The van der Waals surface area contributed by atoms with Crippen molar-refractivity contribution in [2.24, 2.45) is 5.73 Å². The zero-order chi connectivity index (χ0) is 15.7.